The van der Waals surface area contributed by atoms with Crippen LogP contribution in [0.15, 0.2) is 0 Å². The molecule has 3 saturated carbocycles. The first-order chi connectivity index (χ1) is 4.54. The van der Waals surface area contributed by atoms with Gasteiger partial charge in [0.15, 0.2) is 0 Å². The molecule has 3 rings (SSSR count). The van der Waals surface area contributed by atoms with E-state index < -0.39 is 0 Å². The summed E-state index contributed by atoms with van der Waals surface area (Å²) in [6, 6.07) is 0. The van der Waals surface area contributed by atoms with E-state index in [9.17, 15) is 4.79 Å². The highest BCUT2D eigenvalue weighted by Gasteiger charge is 2.66. The molecule has 3 aliphatic carbocycles. The third-order valence-corrected chi connectivity index (χ3v) is 2.51. The molecule has 0 aromatic rings. The van der Waals surface area contributed by atoms with Crippen molar-refractivity contribution in [1.82, 2.24) is 5.32 Å². The fourth-order valence-corrected chi connectivity index (χ4v) is 2.37. The van der Waals surface area contributed by atoms with Crippen molar-refractivity contribution in [3.63, 3.8) is 0 Å². The van der Waals surface area contributed by atoms with Gasteiger partial charge in [-0.15, -0.1) is 12.4 Å². The lowest BCUT2D eigenvalue weighted by Gasteiger charge is -2.68. The number of nitrogens with two attached hydrogens (primary N) is 1. The molecule has 4 heteroatoms. The Morgan fingerprint density at radius 3 is 2.18 bits per heavy atom. The Balaban J connectivity index is 0.000000605. The number of carbonyl (C=O) groups is 1. The smallest absolute Gasteiger partial charge is 0.217 e. The van der Waals surface area contributed by atoms with Gasteiger partial charge in [0.05, 0.1) is 0 Å². The Labute approximate surface area is 72.1 Å². The summed E-state index contributed by atoms with van der Waals surface area (Å²) in [5.74, 6) is 0.0711. The zero-order valence-corrected chi connectivity index (χ0v) is 7.33. The summed E-state index contributed by atoms with van der Waals surface area (Å²) in [7, 11) is 0. The van der Waals surface area contributed by atoms with Crippen molar-refractivity contribution in [3.8, 4) is 0 Å². The van der Waals surface area contributed by atoms with Crippen LogP contribution in [0.4, 0.5) is 0 Å². The number of amides is 1. The Kier molecular flexibility index (Phi) is 1.69. The van der Waals surface area contributed by atoms with E-state index in [1.807, 2.05) is 0 Å². The molecular weight excluding hydrogens is 164 g/mol. The molecule has 0 atom stereocenters. The van der Waals surface area contributed by atoms with Crippen LogP contribution in [0.5, 0.6) is 0 Å². The third kappa shape index (κ3) is 1.12. The third-order valence-electron chi connectivity index (χ3n) is 2.51. The molecule has 0 heterocycles. The molecule has 1 amide bonds. The minimum absolute atomic E-state index is 0. The minimum Gasteiger partial charge on any atom is -0.351 e. The maximum absolute atomic E-state index is 10.6. The van der Waals surface area contributed by atoms with Crippen LogP contribution in [-0.4, -0.2) is 17.0 Å². The molecule has 64 valence electrons. The molecule has 0 unspecified atom stereocenters. The molecule has 3 aliphatic rings. The van der Waals surface area contributed by atoms with Crippen LogP contribution in [0.3, 0.4) is 0 Å². The van der Waals surface area contributed by atoms with Crippen LogP contribution in [-0.2, 0) is 4.79 Å². The number of hydrogen-bond acceptors (Lipinski definition) is 2. The largest absolute Gasteiger partial charge is 0.351 e. The van der Waals surface area contributed by atoms with E-state index in [-0.39, 0.29) is 29.4 Å². The highest BCUT2D eigenvalue weighted by atomic mass is 35.5. The Morgan fingerprint density at radius 1 is 1.45 bits per heavy atom. The van der Waals surface area contributed by atoms with E-state index in [4.69, 9.17) is 5.73 Å². The number of rotatable bonds is 1. The van der Waals surface area contributed by atoms with Crippen LogP contribution >= 0.6 is 12.4 Å². The second-order valence-electron chi connectivity index (χ2n) is 3.85. The second-order valence-corrected chi connectivity index (χ2v) is 3.85. The maximum Gasteiger partial charge on any atom is 0.217 e. The van der Waals surface area contributed by atoms with E-state index in [2.05, 4.69) is 5.32 Å². The van der Waals surface area contributed by atoms with Crippen LogP contribution in [0.1, 0.15) is 26.2 Å². The summed E-state index contributed by atoms with van der Waals surface area (Å²) in [6.07, 6.45) is 2.96. The molecule has 0 aromatic heterocycles. The molecule has 0 radical (unpaired) electrons. The lowest BCUT2D eigenvalue weighted by atomic mass is 9.44. The summed E-state index contributed by atoms with van der Waals surface area (Å²) in [4.78, 5) is 10.6. The van der Waals surface area contributed by atoms with Gasteiger partial charge >= 0.3 is 0 Å². The fourth-order valence-electron chi connectivity index (χ4n) is 2.37. The molecule has 0 spiro atoms. The predicted molar refractivity (Wildman–Crippen MR) is 44.6 cm³/mol. The lowest BCUT2D eigenvalue weighted by molar-refractivity contribution is -0.133. The zero-order chi connectivity index (χ0) is 7.41. The average Bonchev–Trinajstić information content (AvgIpc) is 1.56. The van der Waals surface area contributed by atoms with Gasteiger partial charge in [0.1, 0.15) is 0 Å². The molecule has 3 nitrogen and oxygen atoms in total. The van der Waals surface area contributed by atoms with Gasteiger partial charge in [-0.05, 0) is 19.3 Å². The highest BCUT2D eigenvalue weighted by molar-refractivity contribution is 5.85. The number of carbonyl (C=O) groups excluding carboxylic acids is 1. The molecular formula is C7H13ClN2O. The normalized spacial score (nSPS) is 44.5. The molecule has 0 aliphatic heterocycles. The van der Waals surface area contributed by atoms with Crippen LogP contribution < -0.4 is 11.1 Å². The summed E-state index contributed by atoms with van der Waals surface area (Å²) in [5.41, 5.74) is 6.02. The molecule has 2 bridgehead atoms. The van der Waals surface area contributed by atoms with Gasteiger partial charge < -0.3 is 11.1 Å². The maximum atomic E-state index is 10.6. The van der Waals surface area contributed by atoms with Crippen molar-refractivity contribution in [2.24, 2.45) is 5.73 Å². The second kappa shape index (κ2) is 2.11. The highest BCUT2D eigenvalue weighted by Crippen LogP contribution is 2.58. The first kappa shape index (κ1) is 8.81. The van der Waals surface area contributed by atoms with E-state index in [1.54, 1.807) is 6.92 Å². The standard InChI is InChI=1S/C7H12N2O.ClH/c1-5(10)9-7-2-6(8,3-7)4-7;/h2-4,8H2,1H3,(H,9,10);1H. The molecule has 0 saturated heterocycles. The topological polar surface area (TPSA) is 55.1 Å². The van der Waals surface area contributed by atoms with Crippen molar-refractivity contribution < 1.29 is 4.79 Å². The van der Waals surface area contributed by atoms with Crippen molar-refractivity contribution in [1.29, 1.82) is 0 Å². The van der Waals surface area contributed by atoms with Crippen molar-refractivity contribution in [3.05, 3.63) is 0 Å². The summed E-state index contributed by atoms with van der Waals surface area (Å²) in [5, 5.41) is 2.93. The summed E-state index contributed by atoms with van der Waals surface area (Å²) in [6.45, 7) is 1.56. The molecule has 0 aromatic carbocycles. The van der Waals surface area contributed by atoms with Crippen molar-refractivity contribution >= 4 is 18.3 Å². The van der Waals surface area contributed by atoms with Gasteiger partial charge in [-0.1, -0.05) is 0 Å². The van der Waals surface area contributed by atoms with Crippen LogP contribution in [0.2, 0.25) is 0 Å². The number of hydrogen-bond donors (Lipinski definition) is 2. The van der Waals surface area contributed by atoms with Gasteiger partial charge in [-0.2, -0.15) is 0 Å². The van der Waals surface area contributed by atoms with Crippen LogP contribution in [0.25, 0.3) is 0 Å². The number of halogens is 1. The Hall–Kier alpha value is -0.280. The van der Waals surface area contributed by atoms with Crippen LogP contribution in [0, 0.1) is 0 Å². The fraction of sp³-hybridized carbons (Fsp3) is 0.857. The number of nitrogens with one attached hydrogen (secondary N) is 1. The zero-order valence-electron chi connectivity index (χ0n) is 6.52. The Morgan fingerprint density at radius 2 is 1.91 bits per heavy atom. The average molecular weight is 177 g/mol. The van der Waals surface area contributed by atoms with E-state index in [0.29, 0.717) is 0 Å². The Bertz CT molecular complexity index is 185. The van der Waals surface area contributed by atoms with Gasteiger partial charge in [0.25, 0.3) is 0 Å². The summed E-state index contributed by atoms with van der Waals surface area (Å²) >= 11 is 0. The van der Waals surface area contributed by atoms with Crippen molar-refractivity contribution in [2.45, 2.75) is 37.3 Å². The van der Waals surface area contributed by atoms with Gasteiger partial charge in [0.2, 0.25) is 5.91 Å². The van der Waals surface area contributed by atoms with E-state index >= 15 is 0 Å². The SMILES string of the molecule is CC(=O)NC12CC(N)(C1)C2.Cl. The van der Waals surface area contributed by atoms with Gasteiger partial charge in [-0.25, -0.2) is 0 Å². The first-order valence-electron chi connectivity index (χ1n) is 3.61. The molecule has 3 N–H and O–H groups in total. The lowest BCUT2D eigenvalue weighted by Crippen LogP contribution is -2.82. The quantitative estimate of drug-likeness (QED) is 0.599. The van der Waals surface area contributed by atoms with Gasteiger partial charge in [0, 0.05) is 18.0 Å². The van der Waals surface area contributed by atoms with Gasteiger partial charge in [-0.3, -0.25) is 4.79 Å². The first-order valence-corrected chi connectivity index (χ1v) is 3.61. The van der Waals surface area contributed by atoms with E-state index in [0.717, 1.165) is 19.3 Å². The monoisotopic (exact) mass is 176 g/mol. The molecule has 11 heavy (non-hydrogen) atoms. The summed E-state index contributed by atoms with van der Waals surface area (Å²) < 4.78 is 0. The van der Waals surface area contributed by atoms with Crippen molar-refractivity contribution in [2.75, 3.05) is 0 Å². The van der Waals surface area contributed by atoms with E-state index in [1.165, 1.54) is 0 Å². The minimum atomic E-state index is 0. The molecule has 3 fully saturated rings. The predicted octanol–water partition coefficient (Wildman–Crippen LogP) is 0.178.